The maximum absolute atomic E-state index is 12.5. The van der Waals surface area contributed by atoms with Crippen LogP contribution in [0.3, 0.4) is 0 Å². The monoisotopic (exact) mass is 346 g/mol. The van der Waals surface area contributed by atoms with Crippen LogP contribution in [0.1, 0.15) is 32.4 Å². The second-order valence-corrected chi connectivity index (χ2v) is 8.36. The number of aromatic nitrogens is 2. The van der Waals surface area contributed by atoms with Crippen molar-refractivity contribution in [1.29, 1.82) is 0 Å². The van der Waals surface area contributed by atoms with Crippen molar-refractivity contribution >= 4 is 29.2 Å². The van der Waals surface area contributed by atoms with E-state index in [1.807, 2.05) is 6.92 Å². The SMILES string of the molecule is Cc1nc(N2CCOCC2)nc2c1NC1=C(S2)C(=O)CC(C)(C)C1. The first-order valence-corrected chi connectivity index (χ1v) is 9.17. The van der Waals surface area contributed by atoms with Gasteiger partial charge in [0.15, 0.2) is 5.78 Å². The molecule has 0 radical (unpaired) electrons. The van der Waals surface area contributed by atoms with Gasteiger partial charge in [-0.2, -0.15) is 0 Å². The Balaban J connectivity index is 1.68. The Morgan fingerprint density at radius 1 is 1.21 bits per heavy atom. The van der Waals surface area contributed by atoms with E-state index in [2.05, 4.69) is 29.0 Å². The lowest BCUT2D eigenvalue weighted by Gasteiger charge is -2.35. The molecule has 1 aromatic heterocycles. The molecule has 0 bridgehead atoms. The molecule has 3 aliphatic rings. The number of ether oxygens (including phenoxy) is 1. The highest BCUT2D eigenvalue weighted by Crippen LogP contribution is 2.48. The zero-order valence-electron chi connectivity index (χ0n) is 14.3. The van der Waals surface area contributed by atoms with E-state index in [1.54, 1.807) is 0 Å². The molecule has 0 amide bonds. The number of hydrogen-bond donors (Lipinski definition) is 1. The molecule has 4 rings (SSSR count). The van der Waals surface area contributed by atoms with Crippen molar-refractivity contribution < 1.29 is 9.53 Å². The average Bonchev–Trinajstić information content (AvgIpc) is 2.54. The van der Waals surface area contributed by atoms with Crippen LogP contribution in [-0.2, 0) is 9.53 Å². The topological polar surface area (TPSA) is 67.3 Å². The van der Waals surface area contributed by atoms with Crippen LogP contribution >= 0.6 is 11.8 Å². The lowest BCUT2D eigenvalue weighted by atomic mass is 9.78. The maximum Gasteiger partial charge on any atom is 0.226 e. The van der Waals surface area contributed by atoms with Gasteiger partial charge in [-0.15, -0.1) is 0 Å². The molecule has 1 saturated heterocycles. The molecule has 128 valence electrons. The summed E-state index contributed by atoms with van der Waals surface area (Å²) in [5.41, 5.74) is 2.90. The number of nitrogens with zero attached hydrogens (tertiary/aromatic N) is 3. The first-order valence-electron chi connectivity index (χ1n) is 8.35. The molecule has 3 heterocycles. The normalized spacial score (nSPS) is 22.8. The highest BCUT2D eigenvalue weighted by atomic mass is 32.2. The number of carbonyl (C=O) groups excluding carboxylic acids is 1. The van der Waals surface area contributed by atoms with E-state index in [-0.39, 0.29) is 11.2 Å². The van der Waals surface area contributed by atoms with Crippen LogP contribution in [0.4, 0.5) is 11.6 Å². The number of nitrogens with one attached hydrogen (secondary N) is 1. The van der Waals surface area contributed by atoms with Gasteiger partial charge < -0.3 is 15.0 Å². The van der Waals surface area contributed by atoms with Crippen molar-refractivity contribution in [1.82, 2.24) is 9.97 Å². The zero-order chi connectivity index (χ0) is 16.9. The van der Waals surface area contributed by atoms with Gasteiger partial charge in [-0.3, -0.25) is 4.79 Å². The molecule has 1 N–H and O–H groups in total. The van der Waals surface area contributed by atoms with Crippen molar-refractivity contribution in [2.75, 3.05) is 36.5 Å². The fourth-order valence-electron chi connectivity index (χ4n) is 3.43. The highest BCUT2D eigenvalue weighted by Gasteiger charge is 2.37. The molecule has 2 aliphatic heterocycles. The minimum atomic E-state index is 0.00346. The number of morpholine rings is 1. The Morgan fingerprint density at radius 2 is 1.96 bits per heavy atom. The van der Waals surface area contributed by atoms with E-state index in [4.69, 9.17) is 9.72 Å². The fourth-order valence-corrected chi connectivity index (χ4v) is 4.48. The Bertz CT molecular complexity index is 738. The van der Waals surface area contributed by atoms with Gasteiger partial charge in [-0.1, -0.05) is 25.6 Å². The Kier molecular flexibility index (Phi) is 3.80. The van der Waals surface area contributed by atoms with E-state index in [0.717, 1.165) is 52.5 Å². The van der Waals surface area contributed by atoms with Crippen LogP contribution in [0.5, 0.6) is 0 Å². The summed E-state index contributed by atoms with van der Waals surface area (Å²) in [6.45, 7) is 9.29. The minimum Gasteiger partial charge on any atom is -0.378 e. The summed E-state index contributed by atoms with van der Waals surface area (Å²) in [4.78, 5) is 24.9. The number of ketones is 1. The van der Waals surface area contributed by atoms with Gasteiger partial charge in [0.1, 0.15) is 5.03 Å². The van der Waals surface area contributed by atoms with E-state index < -0.39 is 0 Å². The molecule has 0 unspecified atom stereocenters. The number of anilines is 2. The van der Waals surface area contributed by atoms with Gasteiger partial charge in [-0.05, 0) is 18.8 Å². The molecule has 1 fully saturated rings. The lowest BCUT2D eigenvalue weighted by Crippen LogP contribution is -2.37. The summed E-state index contributed by atoms with van der Waals surface area (Å²) >= 11 is 1.50. The zero-order valence-corrected chi connectivity index (χ0v) is 15.1. The number of hydrogen-bond acceptors (Lipinski definition) is 7. The van der Waals surface area contributed by atoms with E-state index in [1.165, 1.54) is 11.8 Å². The second kappa shape index (κ2) is 5.74. The number of fused-ring (bicyclic) bond motifs is 1. The molecule has 0 saturated carbocycles. The molecular formula is C17H22N4O2S. The number of carbonyl (C=O) groups is 1. The van der Waals surface area contributed by atoms with Crippen LogP contribution in [-0.4, -0.2) is 42.1 Å². The third kappa shape index (κ3) is 2.80. The van der Waals surface area contributed by atoms with Gasteiger partial charge in [-0.25, -0.2) is 9.97 Å². The summed E-state index contributed by atoms with van der Waals surface area (Å²) in [5, 5.41) is 4.31. The molecule has 0 aromatic carbocycles. The van der Waals surface area contributed by atoms with Crippen molar-refractivity contribution in [3.63, 3.8) is 0 Å². The van der Waals surface area contributed by atoms with Gasteiger partial charge >= 0.3 is 0 Å². The van der Waals surface area contributed by atoms with E-state index >= 15 is 0 Å². The molecule has 0 spiro atoms. The van der Waals surface area contributed by atoms with Gasteiger partial charge in [0.25, 0.3) is 0 Å². The quantitative estimate of drug-likeness (QED) is 0.784. The third-order valence-corrected chi connectivity index (χ3v) is 5.80. The molecule has 7 heteroatoms. The number of rotatable bonds is 1. The standard InChI is InChI=1S/C17H22N4O2S/c1-10-13-15(20-16(18-10)21-4-6-23-7-5-21)24-14-11(19-13)8-17(2,3)9-12(14)22/h19H,4-9H2,1-3H3. The van der Waals surface area contributed by atoms with Crippen LogP contribution in [0, 0.1) is 12.3 Å². The maximum atomic E-state index is 12.5. The van der Waals surface area contributed by atoms with Crippen molar-refractivity contribution in [3.8, 4) is 0 Å². The number of thioether (sulfide) groups is 1. The fraction of sp³-hybridized carbons (Fsp3) is 0.588. The van der Waals surface area contributed by atoms with Crippen LogP contribution in [0.15, 0.2) is 15.6 Å². The largest absolute Gasteiger partial charge is 0.378 e. The summed E-state index contributed by atoms with van der Waals surface area (Å²) in [6, 6.07) is 0. The number of aryl methyl sites for hydroxylation is 1. The van der Waals surface area contributed by atoms with Gasteiger partial charge in [0, 0.05) is 25.2 Å². The summed E-state index contributed by atoms with van der Waals surface area (Å²) < 4.78 is 5.40. The number of Topliss-reactive ketones (excluding diaryl/α,β-unsaturated/α-hetero) is 1. The van der Waals surface area contributed by atoms with Crippen molar-refractivity contribution in [2.24, 2.45) is 5.41 Å². The average molecular weight is 346 g/mol. The van der Waals surface area contributed by atoms with Crippen molar-refractivity contribution in [3.05, 3.63) is 16.3 Å². The van der Waals surface area contributed by atoms with E-state index in [0.29, 0.717) is 19.6 Å². The molecule has 6 nitrogen and oxygen atoms in total. The predicted molar refractivity (Wildman–Crippen MR) is 94.3 cm³/mol. The smallest absolute Gasteiger partial charge is 0.226 e. The summed E-state index contributed by atoms with van der Waals surface area (Å²) in [7, 11) is 0. The lowest BCUT2D eigenvalue weighted by molar-refractivity contribution is -0.117. The van der Waals surface area contributed by atoms with Gasteiger partial charge in [0.05, 0.1) is 29.5 Å². The van der Waals surface area contributed by atoms with Crippen LogP contribution in [0.2, 0.25) is 0 Å². The third-order valence-electron chi connectivity index (χ3n) is 4.64. The Labute approximate surface area is 146 Å². The Hall–Kier alpha value is -1.60. The predicted octanol–water partition coefficient (Wildman–Crippen LogP) is 2.74. The van der Waals surface area contributed by atoms with E-state index in [9.17, 15) is 4.79 Å². The van der Waals surface area contributed by atoms with Crippen LogP contribution < -0.4 is 10.2 Å². The summed E-state index contributed by atoms with van der Waals surface area (Å²) in [6.07, 6.45) is 1.47. The summed E-state index contributed by atoms with van der Waals surface area (Å²) in [5.74, 6) is 0.949. The first-order chi connectivity index (χ1) is 11.4. The highest BCUT2D eigenvalue weighted by molar-refractivity contribution is 8.04. The van der Waals surface area contributed by atoms with Gasteiger partial charge in [0.2, 0.25) is 5.95 Å². The first kappa shape index (κ1) is 15.9. The second-order valence-electron chi connectivity index (χ2n) is 7.36. The molecule has 1 aliphatic carbocycles. The Morgan fingerprint density at radius 3 is 2.71 bits per heavy atom. The minimum absolute atomic E-state index is 0.00346. The molecule has 1 aromatic rings. The molecular weight excluding hydrogens is 324 g/mol. The molecule has 0 atom stereocenters. The molecule has 24 heavy (non-hydrogen) atoms. The van der Waals surface area contributed by atoms with Crippen LogP contribution in [0.25, 0.3) is 0 Å². The van der Waals surface area contributed by atoms with Crippen molar-refractivity contribution in [2.45, 2.75) is 38.6 Å². The number of allylic oxidation sites excluding steroid dienone is 2.